The topological polar surface area (TPSA) is 55.1 Å². The number of ether oxygens (including phenoxy) is 2. The molecule has 3 atom stereocenters. The predicted molar refractivity (Wildman–Crippen MR) is 156 cm³/mol. The molecule has 0 bridgehead atoms. The minimum Gasteiger partial charge on any atom is -0.461 e. The predicted octanol–water partition coefficient (Wildman–Crippen LogP) is 5.87. The highest BCUT2D eigenvalue weighted by atomic mass is 16.5. The van der Waals surface area contributed by atoms with E-state index in [1.807, 2.05) is 0 Å². The molecule has 3 fully saturated rings. The summed E-state index contributed by atoms with van der Waals surface area (Å²) >= 11 is 0. The number of hydrogen-bond acceptors (Lipinski definition) is 6. The first-order valence-corrected chi connectivity index (χ1v) is 15.8. The number of aryl methyl sites for hydroxylation is 1. The lowest BCUT2D eigenvalue weighted by atomic mass is 9.84. The zero-order valence-corrected chi connectivity index (χ0v) is 24.0. The highest BCUT2D eigenvalue weighted by Gasteiger charge is 2.45. The quantitative estimate of drug-likeness (QED) is 0.426. The van der Waals surface area contributed by atoms with Crippen molar-refractivity contribution in [1.82, 2.24) is 14.9 Å². The molecule has 3 saturated heterocycles. The largest absolute Gasteiger partial charge is 0.461 e. The number of anilines is 1. The fourth-order valence-corrected chi connectivity index (χ4v) is 8.39. The van der Waals surface area contributed by atoms with Crippen molar-refractivity contribution in [2.45, 2.75) is 95.3 Å². The molecule has 1 aromatic carbocycles. The van der Waals surface area contributed by atoms with Gasteiger partial charge in [0.2, 0.25) is 6.54 Å². The van der Waals surface area contributed by atoms with Crippen LogP contribution in [0, 0.1) is 12.5 Å². The Morgan fingerprint density at radius 1 is 1.07 bits per heavy atom. The Kier molecular flexibility index (Phi) is 7.18. The van der Waals surface area contributed by atoms with Gasteiger partial charge in [-0.1, -0.05) is 18.2 Å². The second-order valence-corrected chi connectivity index (χ2v) is 12.9. The van der Waals surface area contributed by atoms with Crippen LogP contribution in [0.3, 0.4) is 0 Å². The SMILES string of the molecule is [C-]#[N+]C[C@@H]1CCCN(c2nc(OCC34CCCN3CCC4)nc3c2C(C)OC(c2cccc4c2CCCC4)C3)C1. The summed E-state index contributed by atoms with van der Waals surface area (Å²) in [6.07, 6.45) is 12.6. The number of hydrogen-bond donors (Lipinski definition) is 0. The summed E-state index contributed by atoms with van der Waals surface area (Å²) in [5.74, 6) is 1.36. The van der Waals surface area contributed by atoms with Gasteiger partial charge in [0.05, 0.1) is 23.4 Å². The van der Waals surface area contributed by atoms with Crippen molar-refractivity contribution >= 4 is 5.82 Å². The van der Waals surface area contributed by atoms with Gasteiger partial charge < -0.3 is 19.2 Å². The van der Waals surface area contributed by atoms with E-state index in [1.165, 1.54) is 74.7 Å². The van der Waals surface area contributed by atoms with Crippen molar-refractivity contribution in [3.63, 3.8) is 0 Å². The molecule has 5 aliphatic rings. The van der Waals surface area contributed by atoms with Gasteiger partial charge in [-0.25, -0.2) is 6.57 Å². The van der Waals surface area contributed by atoms with E-state index in [0.29, 0.717) is 25.1 Å². The zero-order valence-electron chi connectivity index (χ0n) is 24.0. The van der Waals surface area contributed by atoms with Gasteiger partial charge in [-0.15, -0.1) is 0 Å². The van der Waals surface area contributed by atoms with Crippen LogP contribution in [0.25, 0.3) is 4.85 Å². The van der Waals surface area contributed by atoms with Gasteiger partial charge >= 0.3 is 6.01 Å². The number of piperidine rings is 1. The third-order valence-electron chi connectivity index (χ3n) is 10.4. The van der Waals surface area contributed by atoms with Crippen molar-refractivity contribution in [2.24, 2.45) is 5.92 Å². The lowest BCUT2D eigenvalue weighted by Crippen LogP contribution is -2.43. The summed E-state index contributed by atoms with van der Waals surface area (Å²) in [4.78, 5) is 19.0. The van der Waals surface area contributed by atoms with E-state index in [9.17, 15) is 0 Å². The Hall–Kier alpha value is -2.69. The molecule has 0 N–H and O–H groups in total. The number of nitrogens with zero attached hydrogens (tertiary/aromatic N) is 5. The molecular formula is C33H43N5O2. The molecule has 212 valence electrons. The van der Waals surface area contributed by atoms with Crippen LogP contribution < -0.4 is 9.64 Å². The van der Waals surface area contributed by atoms with E-state index in [-0.39, 0.29) is 17.7 Å². The molecule has 40 heavy (non-hydrogen) atoms. The minimum atomic E-state index is -0.0998. The van der Waals surface area contributed by atoms with Crippen LogP contribution in [-0.2, 0) is 24.0 Å². The molecule has 4 aliphatic heterocycles. The van der Waals surface area contributed by atoms with Crippen molar-refractivity contribution < 1.29 is 9.47 Å². The molecule has 7 heteroatoms. The third kappa shape index (κ3) is 4.77. The van der Waals surface area contributed by atoms with Gasteiger partial charge in [0.15, 0.2) is 0 Å². The molecule has 2 aromatic rings. The first-order chi connectivity index (χ1) is 19.6. The maximum atomic E-state index is 7.43. The Morgan fingerprint density at radius 3 is 2.77 bits per heavy atom. The van der Waals surface area contributed by atoms with Gasteiger partial charge in [0, 0.05) is 31.0 Å². The average molecular weight is 542 g/mol. The van der Waals surface area contributed by atoms with E-state index in [2.05, 4.69) is 39.8 Å². The number of aromatic nitrogens is 2. The molecule has 7 nitrogen and oxygen atoms in total. The summed E-state index contributed by atoms with van der Waals surface area (Å²) in [6, 6.07) is 7.31. The van der Waals surface area contributed by atoms with Gasteiger partial charge in [0.25, 0.3) is 0 Å². The van der Waals surface area contributed by atoms with Crippen LogP contribution in [0.15, 0.2) is 18.2 Å². The van der Waals surface area contributed by atoms with Crippen molar-refractivity contribution in [2.75, 3.05) is 44.2 Å². The Morgan fingerprint density at radius 2 is 1.93 bits per heavy atom. The second-order valence-electron chi connectivity index (χ2n) is 12.9. The molecule has 0 amide bonds. The highest BCUT2D eigenvalue weighted by Crippen LogP contribution is 2.44. The van der Waals surface area contributed by atoms with Crippen LogP contribution in [0.1, 0.15) is 98.4 Å². The van der Waals surface area contributed by atoms with Gasteiger partial charge in [-0.05, 0) is 101 Å². The smallest absolute Gasteiger partial charge is 0.318 e. The maximum Gasteiger partial charge on any atom is 0.318 e. The van der Waals surface area contributed by atoms with Crippen molar-refractivity contribution in [3.05, 3.63) is 57.6 Å². The van der Waals surface area contributed by atoms with E-state index in [4.69, 9.17) is 26.0 Å². The zero-order chi connectivity index (χ0) is 27.1. The van der Waals surface area contributed by atoms with E-state index < -0.39 is 0 Å². The molecular weight excluding hydrogens is 498 g/mol. The molecule has 0 spiro atoms. The van der Waals surface area contributed by atoms with Crippen molar-refractivity contribution in [1.29, 1.82) is 0 Å². The van der Waals surface area contributed by atoms with E-state index in [0.717, 1.165) is 55.8 Å². The van der Waals surface area contributed by atoms with Crippen LogP contribution >= 0.6 is 0 Å². The molecule has 0 radical (unpaired) electrons. The molecule has 2 unspecified atom stereocenters. The number of rotatable bonds is 6. The Balaban J connectivity index is 1.23. The number of fused-ring (bicyclic) bond motifs is 3. The van der Waals surface area contributed by atoms with E-state index in [1.54, 1.807) is 0 Å². The molecule has 1 aromatic heterocycles. The average Bonchev–Trinajstić information content (AvgIpc) is 3.56. The van der Waals surface area contributed by atoms with E-state index >= 15 is 0 Å². The standard InChI is InChI=1S/C33H43N5O2/c1-23-30-28(19-29(40-23)27-13-5-11-25-10-3-4-12-26(25)27)35-32(39-22-33-14-7-17-38(33)18-8-15-33)36-31(30)37-16-6-9-24(21-37)20-34-2/h5,11,13,23-24,29H,3-4,6-10,12,14-22H2,1H3/t23?,24-,29?/m0/s1. The van der Waals surface area contributed by atoms with Crippen LogP contribution in [0.4, 0.5) is 5.82 Å². The monoisotopic (exact) mass is 541 g/mol. The van der Waals surface area contributed by atoms with Gasteiger partial charge in [-0.3, -0.25) is 4.90 Å². The van der Waals surface area contributed by atoms with Crippen molar-refractivity contribution in [3.8, 4) is 6.01 Å². The first kappa shape index (κ1) is 26.2. The summed E-state index contributed by atoms with van der Waals surface area (Å²) < 4.78 is 13.4. The summed E-state index contributed by atoms with van der Waals surface area (Å²) in [7, 11) is 0. The lowest BCUT2D eigenvalue weighted by molar-refractivity contribution is -0.0193. The maximum absolute atomic E-state index is 7.43. The third-order valence-corrected chi connectivity index (χ3v) is 10.4. The first-order valence-electron chi connectivity index (χ1n) is 15.8. The Bertz CT molecular complexity index is 1280. The Labute approximate surface area is 239 Å². The molecule has 7 rings (SSSR count). The van der Waals surface area contributed by atoms with Crippen LogP contribution in [0.2, 0.25) is 0 Å². The summed E-state index contributed by atoms with van der Waals surface area (Å²) in [5, 5.41) is 0. The molecule has 0 saturated carbocycles. The summed E-state index contributed by atoms with van der Waals surface area (Å²) in [5.41, 5.74) is 6.70. The van der Waals surface area contributed by atoms with Gasteiger partial charge in [0.1, 0.15) is 12.4 Å². The summed E-state index contributed by atoms with van der Waals surface area (Å²) in [6.45, 7) is 15.1. The second kappa shape index (κ2) is 10.9. The van der Waals surface area contributed by atoms with Gasteiger partial charge in [-0.2, -0.15) is 9.97 Å². The normalized spacial score (nSPS) is 27.5. The lowest BCUT2D eigenvalue weighted by Gasteiger charge is -2.38. The number of benzene rings is 1. The highest BCUT2D eigenvalue weighted by molar-refractivity contribution is 5.53. The molecule has 5 heterocycles. The minimum absolute atomic E-state index is 0.00104. The fourth-order valence-electron chi connectivity index (χ4n) is 8.39. The molecule has 1 aliphatic carbocycles. The fraction of sp³-hybridized carbons (Fsp3) is 0.667. The van der Waals surface area contributed by atoms with Crippen LogP contribution in [0.5, 0.6) is 6.01 Å². The van der Waals surface area contributed by atoms with Crippen LogP contribution in [-0.4, -0.2) is 59.7 Å².